The Kier molecular flexibility index (Phi) is 7.21. The van der Waals surface area contributed by atoms with Gasteiger partial charge in [0.2, 0.25) is 5.91 Å². The Balaban J connectivity index is 1.42. The van der Waals surface area contributed by atoms with Crippen LogP contribution in [0.25, 0.3) is 10.9 Å². The van der Waals surface area contributed by atoms with E-state index < -0.39 is 5.60 Å². The molecule has 1 aliphatic rings. The second-order valence-electron chi connectivity index (χ2n) is 9.35. The smallest absolute Gasteiger partial charge is 0.410 e. The summed E-state index contributed by atoms with van der Waals surface area (Å²) >= 11 is 6.09. The number of hydrogen-bond donors (Lipinski definition) is 2. The number of carbonyl (C=O) groups excluding carboxylic acids is 2. The van der Waals surface area contributed by atoms with Crippen LogP contribution in [0.3, 0.4) is 0 Å². The van der Waals surface area contributed by atoms with E-state index in [1.807, 2.05) is 45.0 Å². The standard InChI is InChI=1S/C26H28ClN5O3/c1-26(2,3)35-25(34)32-11-9-17(10-12-32)13-23(33)30-20-7-8-22-21(15-20)24(29-16-28-22)31-19-6-4-5-18(27)14-19/h4-8,13-16H,9-12H2,1-3H3,(H,30,33)(H,28,29,31). The van der Waals surface area contributed by atoms with Crippen molar-refractivity contribution < 1.29 is 14.3 Å². The van der Waals surface area contributed by atoms with E-state index >= 15 is 0 Å². The molecule has 2 N–H and O–H groups in total. The molecule has 0 bridgehead atoms. The van der Waals surface area contributed by atoms with E-state index in [1.165, 1.54) is 6.33 Å². The van der Waals surface area contributed by atoms with Gasteiger partial charge in [-0.15, -0.1) is 0 Å². The molecule has 8 nitrogen and oxygen atoms in total. The monoisotopic (exact) mass is 493 g/mol. The molecule has 1 saturated heterocycles. The molecule has 1 aromatic heterocycles. The van der Waals surface area contributed by atoms with Crippen LogP contribution in [-0.4, -0.2) is 45.6 Å². The maximum absolute atomic E-state index is 12.7. The van der Waals surface area contributed by atoms with Crippen LogP contribution in [0.15, 0.2) is 60.4 Å². The highest BCUT2D eigenvalue weighted by atomic mass is 35.5. The Bertz CT molecular complexity index is 1280. The lowest BCUT2D eigenvalue weighted by Crippen LogP contribution is -2.40. The second-order valence-corrected chi connectivity index (χ2v) is 9.79. The summed E-state index contributed by atoms with van der Waals surface area (Å²) in [4.78, 5) is 35.3. The number of nitrogens with one attached hydrogen (secondary N) is 2. The zero-order valence-corrected chi connectivity index (χ0v) is 20.7. The Morgan fingerprint density at radius 1 is 1.06 bits per heavy atom. The van der Waals surface area contributed by atoms with E-state index in [9.17, 15) is 9.59 Å². The Labute approximate surface area is 209 Å². The number of amides is 2. The van der Waals surface area contributed by atoms with E-state index in [0.717, 1.165) is 22.2 Å². The van der Waals surface area contributed by atoms with Gasteiger partial charge in [-0.25, -0.2) is 14.8 Å². The van der Waals surface area contributed by atoms with Gasteiger partial charge in [-0.1, -0.05) is 23.2 Å². The Morgan fingerprint density at radius 3 is 2.54 bits per heavy atom. The van der Waals surface area contributed by atoms with Crippen molar-refractivity contribution >= 4 is 51.7 Å². The fourth-order valence-corrected chi connectivity index (χ4v) is 3.94. The van der Waals surface area contributed by atoms with Gasteiger partial charge in [0.25, 0.3) is 0 Å². The fraction of sp³-hybridized carbons (Fsp3) is 0.308. The number of likely N-dealkylation sites (tertiary alicyclic amines) is 1. The lowest BCUT2D eigenvalue weighted by Gasteiger charge is -2.30. The van der Waals surface area contributed by atoms with Gasteiger partial charge in [0.1, 0.15) is 17.7 Å². The molecule has 2 amide bonds. The topological polar surface area (TPSA) is 96.5 Å². The average Bonchev–Trinajstić information content (AvgIpc) is 2.79. The van der Waals surface area contributed by atoms with Crippen molar-refractivity contribution in [3.63, 3.8) is 0 Å². The second kappa shape index (κ2) is 10.3. The summed E-state index contributed by atoms with van der Waals surface area (Å²) in [5.74, 6) is 0.396. The number of carbonyl (C=O) groups is 2. The van der Waals surface area contributed by atoms with E-state index in [0.29, 0.717) is 42.5 Å². The van der Waals surface area contributed by atoms with Crippen LogP contribution in [0, 0.1) is 0 Å². The molecule has 0 aliphatic carbocycles. The summed E-state index contributed by atoms with van der Waals surface area (Å²) in [5.41, 5.74) is 2.65. The van der Waals surface area contributed by atoms with Gasteiger partial charge in [-0.05, 0) is 70.0 Å². The number of aromatic nitrogens is 2. The van der Waals surface area contributed by atoms with Gasteiger partial charge in [0.15, 0.2) is 0 Å². The highest BCUT2D eigenvalue weighted by Crippen LogP contribution is 2.27. The first-order valence-electron chi connectivity index (χ1n) is 11.4. The van der Waals surface area contributed by atoms with Crippen molar-refractivity contribution in [2.75, 3.05) is 23.7 Å². The minimum absolute atomic E-state index is 0.216. The molecule has 9 heteroatoms. The number of halogens is 1. The molecule has 2 aromatic carbocycles. The Hall–Kier alpha value is -3.65. The first-order valence-corrected chi connectivity index (χ1v) is 11.8. The molecule has 3 aromatic rings. The maximum Gasteiger partial charge on any atom is 0.410 e. The minimum atomic E-state index is -0.526. The summed E-state index contributed by atoms with van der Waals surface area (Å²) in [5, 5.41) is 7.56. The average molecular weight is 494 g/mol. The zero-order valence-electron chi connectivity index (χ0n) is 20.0. The van der Waals surface area contributed by atoms with Crippen LogP contribution in [0.2, 0.25) is 5.02 Å². The third-order valence-corrected chi connectivity index (χ3v) is 5.62. The van der Waals surface area contributed by atoms with Crippen LogP contribution < -0.4 is 10.6 Å². The lowest BCUT2D eigenvalue weighted by atomic mass is 10.0. The van der Waals surface area contributed by atoms with E-state index in [1.54, 1.807) is 29.2 Å². The van der Waals surface area contributed by atoms with Crippen molar-refractivity contribution in [1.29, 1.82) is 0 Å². The van der Waals surface area contributed by atoms with Gasteiger partial charge in [0, 0.05) is 40.9 Å². The summed E-state index contributed by atoms with van der Waals surface area (Å²) < 4.78 is 5.43. The number of ether oxygens (including phenoxy) is 1. The molecule has 4 rings (SSSR count). The molecule has 35 heavy (non-hydrogen) atoms. The van der Waals surface area contributed by atoms with Crippen LogP contribution in [0.5, 0.6) is 0 Å². The quantitative estimate of drug-likeness (QED) is 0.438. The number of piperidine rings is 1. The first-order chi connectivity index (χ1) is 16.7. The molecule has 0 spiro atoms. The van der Waals surface area contributed by atoms with Gasteiger partial charge in [-0.2, -0.15) is 0 Å². The van der Waals surface area contributed by atoms with Crippen LogP contribution in [0.4, 0.5) is 22.0 Å². The number of fused-ring (bicyclic) bond motifs is 1. The minimum Gasteiger partial charge on any atom is -0.444 e. The molecule has 0 atom stereocenters. The zero-order chi connectivity index (χ0) is 25.0. The van der Waals surface area contributed by atoms with Gasteiger partial charge >= 0.3 is 6.09 Å². The van der Waals surface area contributed by atoms with Crippen molar-refractivity contribution in [3.8, 4) is 0 Å². The largest absolute Gasteiger partial charge is 0.444 e. The van der Waals surface area contributed by atoms with Gasteiger partial charge in [-0.3, -0.25) is 4.79 Å². The third-order valence-electron chi connectivity index (χ3n) is 5.38. The molecule has 1 fully saturated rings. The van der Waals surface area contributed by atoms with Crippen molar-refractivity contribution in [2.45, 2.75) is 39.2 Å². The van der Waals surface area contributed by atoms with Gasteiger partial charge < -0.3 is 20.3 Å². The highest BCUT2D eigenvalue weighted by molar-refractivity contribution is 6.30. The van der Waals surface area contributed by atoms with Crippen LogP contribution >= 0.6 is 11.6 Å². The summed E-state index contributed by atoms with van der Waals surface area (Å²) in [7, 11) is 0. The van der Waals surface area contributed by atoms with Crippen molar-refractivity contribution in [3.05, 3.63) is 65.5 Å². The number of anilines is 3. The predicted octanol–water partition coefficient (Wildman–Crippen LogP) is 5.92. The number of benzene rings is 2. The predicted molar refractivity (Wildman–Crippen MR) is 138 cm³/mol. The summed E-state index contributed by atoms with van der Waals surface area (Å²) in [6, 6.07) is 12.8. The molecule has 1 aliphatic heterocycles. The molecular weight excluding hydrogens is 466 g/mol. The molecular formula is C26H28ClN5O3. The van der Waals surface area contributed by atoms with E-state index in [2.05, 4.69) is 20.6 Å². The third kappa shape index (κ3) is 6.70. The van der Waals surface area contributed by atoms with Gasteiger partial charge in [0.05, 0.1) is 5.52 Å². The molecule has 2 heterocycles. The lowest BCUT2D eigenvalue weighted by molar-refractivity contribution is -0.112. The number of hydrogen-bond acceptors (Lipinski definition) is 6. The molecule has 182 valence electrons. The van der Waals surface area contributed by atoms with Crippen LogP contribution in [-0.2, 0) is 9.53 Å². The molecule has 0 radical (unpaired) electrons. The number of nitrogens with zero attached hydrogens (tertiary/aromatic N) is 3. The SMILES string of the molecule is CC(C)(C)OC(=O)N1CCC(=CC(=O)Nc2ccc3ncnc(Nc4cccc(Cl)c4)c3c2)CC1. The first kappa shape index (κ1) is 24.5. The molecule has 0 unspecified atom stereocenters. The number of rotatable bonds is 4. The van der Waals surface area contributed by atoms with E-state index in [-0.39, 0.29) is 12.0 Å². The normalized spacial score (nSPS) is 13.9. The van der Waals surface area contributed by atoms with Crippen LogP contribution in [0.1, 0.15) is 33.6 Å². The highest BCUT2D eigenvalue weighted by Gasteiger charge is 2.24. The van der Waals surface area contributed by atoms with Crippen molar-refractivity contribution in [1.82, 2.24) is 14.9 Å². The molecule has 0 saturated carbocycles. The van der Waals surface area contributed by atoms with E-state index in [4.69, 9.17) is 16.3 Å². The van der Waals surface area contributed by atoms with Crippen molar-refractivity contribution in [2.24, 2.45) is 0 Å². The fourth-order valence-electron chi connectivity index (χ4n) is 3.75. The maximum atomic E-state index is 12.7. The summed E-state index contributed by atoms with van der Waals surface area (Å²) in [6.45, 7) is 6.60. The Morgan fingerprint density at radius 2 is 1.83 bits per heavy atom. The summed E-state index contributed by atoms with van der Waals surface area (Å²) in [6.07, 6.45) is 4.05.